The maximum Gasteiger partial charge on any atom is 0.433 e. The van der Waals surface area contributed by atoms with Crippen molar-refractivity contribution < 1.29 is 21.6 Å². The van der Waals surface area contributed by atoms with Gasteiger partial charge in [0.25, 0.3) is 0 Å². The molecule has 9 heteroatoms. The van der Waals surface area contributed by atoms with E-state index in [1.54, 1.807) is 0 Å². The average molecular weight is 385 g/mol. The van der Waals surface area contributed by atoms with Crippen LogP contribution in [0.4, 0.5) is 18.9 Å². The first-order valence-corrected chi connectivity index (χ1v) is 9.54. The van der Waals surface area contributed by atoms with E-state index in [1.807, 2.05) is 31.2 Å². The Morgan fingerprint density at radius 3 is 2.62 bits per heavy atom. The van der Waals surface area contributed by atoms with Crippen LogP contribution >= 0.6 is 0 Å². The van der Waals surface area contributed by atoms with Crippen LogP contribution in [0.5, 0.6) is 0 Å². The van der Waals surface area contributed by atoms with Crippen LogP contribution in [-0.4, -0.2) is 32.5 Å². The molecule has 0 radical (unpaired) electrons. The molecule has 0 bridgehead atoms. The fraction of sp³-hybridized carbons (Fsp3) is 0.353. The standard InChI is InChI=1S/C17H18F3N3O2S/c1-12(23-9-8-13-4-2-3-5-15(13)23)10-22-26(24,25)14-6-7-16(21-11-14)17(18,19)20/h2-7,11-12,22H,8-10H2,1H3. The first-order valence-electron chi connectivity index (χ1n) is 8.06. The van der Waals surface area contributed by atoms with E-state index in [0.717, 1.165) is 30.9 Å². The van der Waals surface area contributed by atoms with Crippen molar-refractivity contribution in [3.05, 3.63) is 53.9 Å². The lowest BCUT2D eigenvalue weighted by Gasteiger charge is -2.27. The highest BCUT2D eigenvalue weighted by molar-refractivity contribution is 7.89. The molecule has 26 heavy (non-hydrogen) atoms. The third kappa shape index (κ3) is 3.83. The van der Waals surface area contributed by atoms with Gasteiger partial charge in [0.05, 0.1) is 0 Å². The summed E-state index contributed by atoms with van der Waals surface area (Å²) in [6, 6.07) is 9.40. The highest BCUT2D eigenvalue weighted by atomic mass is 32.2. The highest BCUT2D eigenvalue weighted by Crippen LogP contribution is 2.29. The zero-order chi connectivity index (χ0) is 18.9. The number of anilines is 1. The highest BCUT2D eigenvalue weighted by Gasteiger charge is 2.32. The summed E-state index contributed by atoms with van der Waals surface area (Å²) in [7, 11) is -3.93. The van der Waals surface area contributed by atoms with Crippen molar-refractivity contribution in [2.45, 2.75) is 30.5 Å². The van der Waals surface area contributed by atoms with E-state index in [-0.39, 0.29) is 17.5 Å². The minimum Gasteiger partial charge on any atom is -0.367 e. The van der Waals surface area contributed by atoms with Crippen molar-refractivity contribution in [3.8, 4) is 0 Å². The molecule has 0 amide bonds. The van der Waals surface area contributed by atoms with Crippen molar-refractivity contribution >= 4 is 15.7 Å². The third-order valence-electron chi connectivity index (χ3n) is 4.36. The maximum absolute atomic E-state index is 12.5. The smallest absolute Gasteiger partial charge is 0.367 e. The molecule has 0 saturated heterocycles. The molecule has 2 heterocycles. The first-order chi connectivity index (χ1) is 12.2. The van der Waals surface area contributed by atoms with E-state index in [1.165, 1.54) is 5.56 Å². The van der Waals surface area contributed by atoms with Gasteiger partial charge in [-0.15, -0.1) is 0 Å². The number of para-hydroxylation sites is 1. The Labute approximate surface area is 149 Å². The number of hydrogen-bond acceptors (Lipinski definition) is 4. The average Bonchev–Trinajstić information content (AvgIpc) is 3.03. The molecule has 0 fully saturated rings. The summed E-state index contributed by atoms with van der Waals surface area (Å²) >= 11 is 0. The van der Waals surface area contributed by atoms with Crippen molar-refractivity contribution in [2.75, 3.05) is 18.0 Å². The number of benzene rings is 1. The maximum atomic E-state index is 12.5. The number of hydrogen-bond donors (Lipinski definition) is 1. The van der Waals surface area contributed by atoms with Gasteiger partial charge in [-0.3, -0.25) is 4.98 Å². The van der Waals surface area contributed by atoms with E-state index in [0.29, 0.717) is 6.07 Å². The number of nitrogens with one attached hydrogen (secondary N) is 1. The number of fused-ring (bicyclic) bond motifs is 1. The van der Waals surface area contributed by atoms with Crippen LogP contribution in [0.25, 0.3) is 0 Å². The van der Waals surface area contributed by atoms with Crippen molar-refractivity contribution in [1.82, 2.24) is 9.71 Å². The van der Waals surface area contributed by atoms with Gasteiger partial charge >= 0.3 is 6.18 Å². The molecule has 1 N–H and O–H groups in total. The number of nitrogens with zero attached hydrogens (tertiary/aromatic N) is 2. The summed E-state index contributed by atoms with van der Waals surface area (Å²) in [6.45, 7) is 2.83. The Morgan fingerprint density at radius 1 is 1.23 bits per heavy atom. The third-order valence-corrected chi connectivity index (χ3v) is 5.77. The number of sulfonamides is 1. The Balaban J connectivity index is 1.67. The van der Waals surface area contributed by atoms with E-state index in [2.05, 4.69) is 14.6 Å². The van der Waals surface area contributed by atoms with Crippen LogP contribution in [0.2, 0.25) is 0 Å². The summed E-state index contributed by atoms with van der Waals surface area (Å²) in [5, 5.41) is 0. The SMILES string of the molecule is CC(CNS(=O)(=O)c1ccc(C(F)(F)F)nc1)N1CCc2ccccc21. The molecule has 1 aliphatic rings. The first kappa shape index (κ1) is 18.7. The molecule has 1 unspecified atom stereocenters. The predicted octanol–water partition coefficient (Wildman–Crippen LogP) is 2.83. The zero-order valence-corrected chi connectivity index (χ0v) is 14.8. The quantitative estimate of drug-likeness (QED) is 0.860. The number of alkyl halides is 3. The molecule has 0 spiro atoms. The Hall–Kier alpha value is -2.13. The molecule has 1 aromatic carbocycles. The fourth-order valence-electron chi connectivity index (χ4n) is 2.95. The lowest BCUT2D eigenvalue weighted by molar-refractivity contribution is -0.141. The minimum atomic E-state index is -4.60. The molecule has 3 rings (SSSR count). The van der Waals surface area contributed by atoms with Crippen LogP contribution in [0, 0.1) is 0 Å². The second-order valence-corrected chi connectivity index (χ2v) is 7.92. The largest absolute Gasteiger partial charge is 0.433 e. The normalized spacial score (nSPS) is 15.8. The Bertz CT molecular complexity index is 883. The molecule has 2 aromatic rings. The molecule has 140 valence electrons. The molecule has 0 aliphatic carbocycles. The lowest BCUT2D eigenvalue weighted by Crippen LogP contribution is -2.41. The van der Waals surface area contributed by atoms with Crippen molar-refractivity contribution in [2.24, 2.45) is 0 Å². The van der Waals surface area contributed by atoms with Crippen LogP contribution in [0.15, 0.2) is 47.5 Å². The van der Waals surface area contributed by atoms with Crippen molar-refractivity contribution in [1.29, 1.82) is 0 Å². The molecule has 5 nitrogen and oxygen atoms in total. The second kappa shape index (κ2) is 6.88. The molecular weight excluding hydrogens is 367 g/mol. The fourth-order valence-corrected chi connectivity index (χ4v) is 4.02. The molecule has 0 saturated carbocycles. The zero-order valence-electron chi connectivity index (χ0n) is 14.0. The van der Waals surface area contributed by atoms with Gasteiger partial charge in [0, 0.05) is 31.0 Å². The number of pyridine rings is 1. The molecule has 1 aliphatic heterocycles. The second-order valence-electron chi connectivity index (χ2n) is 6.15. The van der Waals surface area contributed by atoms with Gasteiger partial charge in [0.2, 0.25) is 10.0 Å². The number of rotatable bonds is 5. The molecule has 1 atom stereocenters. The Kier molecular flexibility index (Phi) is 4.94. The van der Waals surface area contributed by atoms with Gasteiger partial charge in [-0.25, -0.2) is 13.1 Å². The van der Waals surface area contributed by atoms with Crippen LogP contribution in [0.3, 0.4) is 0 Å². The van der Waals surface area contributed by atoms with E-state index in [9.17, 15) is 21.6 Å². The van der Waals surface area contributed by atoms with Gasteiger partial charge in [0.1, 0.15) is 10.6 Å². The summed E-state index contributed by atoms with van der Waals surface area (Å²) in [4.78, 5) is 5.02. The monoisotopic (exact) mass is 385 g/mol. The van der Waals surface area contributed by atoms with E-state index < -0.39 is 21.9 Å². The summed E-state index contributed by atoms with van der Waals surface area (Å²) < 4.78 is 64.7. The van der Waals surface area contributed by atoms with E-state index >= 15 is 0 Å². The molecule has 1 aromatic heterocycles. The van der Waals surface area contributed by atoms with Crippen LogP contribution < -0.4 is 9.62 Å². The van der Waals surface area contributed by atoms with E-state index in [4.69, 9.17) is 0 Å². The number of halogens is 3. The van der Waals surface area contributed by atoms with Crippen molar-refractivity contribution in [3.63, 3.8) is 0 Å². The topological polar surface area (TPSA) is 62.3 Å². The van der Waals surface area contributed by atoms with Gasteiger partial charge in [-0.1, -0.05) is 18.2 Å². The summed E-state index contributed by atoms with van der Waals surface area (Å²) in [6.07, 6.45) is -2.98. The van der Waals surface area contributed by atoms with Gasteiger partial charge < -0.3 is 4.90 Å². The molecular formula is C17H18F3N3O2S. The number of aromatic nitrogens is 1. The van der Waals surface area contributed by atoms with Crippen LogP contribution in [-0.2, 0) is 22.6 Å². The Morgan fingerprint density at radius 2 is 1.96 bits per heavy atom. The van der Waals surface area contributed by atoms with Gasteiger partial charge in [-0.2, -0.15) is 13.2 Å². The minimum absolute atomic E-state index is 0.101. The summed E-state index contributed by atoms with van der Waals surface area (Å²) in [5.74, 6) is 0. The predicted molar refractivity (Wildman–Crippen MR) is 91.4 cm³/mol. The summed E-state index contributed by atoms with van der Waals surface area (Å²) in [5.41, 5.74) is 1.17. The lowest BCUT2D eigenvalue weighted by atomic mass is 10.2. The van der Waals surface area contributed by atoms with Gasteiger partial charge in [0.15, 0.2) is 0 Å². The van der Waals surface area contributed by atoms with Gasteiger partial charge in [-0.05, 0) is 37.1 Å². The van der Waals surface area contributed by atoms with Crippen LogP contribution in [0.1, 0.15) is 18.2 Å².